The molecule has 4 nitrogen and oxygen atoms in total. The van der Waals surface area contributed by atoms with Gasteiger partial charge >= 0.3 is 0 Å². The van der Waals surface area contributed by atoms with Crippen LogP contribution in [0.4, 0.5) is 0 Å². The molecule has 0 aliphatic heterocycles. The molecule has 0 aromatic carbocycles. The molecule has 18 heavy (non-hydrogen) atoms. The maximum atomic E-state index is 11.8. The smallest absolute Gasteiger partial charge is 0.233 e. The zero-order valence-electron chi connectivity index (χ0n) is 11.3. The van der Waals surface area contributed by atoms with Crippen LogP contribution in [0.5, 0.6) is 5.88 Å². The number of ether oxygens (including phenoxy) is 1. The molecule has 4 heteroatoms. The lowest BCUT2D eigenvalue weighted by atomic mass is 10.1. The van der Waals surface area contributed by atoms with Crippen molar-refractivity contribution in [1.82, 2.24) is 10.2 Å². The highest BCUT2D eigenvalue weighted by Crippen LogP contribution is 2.10. The van der Waals surface area contributed by atoms with E-state index in [2.05, 4.69) is 17.1 Å². The van der Waals surface area contributed by atoms with Gasteiger partial charge in [0.1, 0.15) is 5.69 Å². The van der Waals surface area contributed by atoms with E-state index in [1.165, 1.54) is 32.8 Å². The first kappa shape index (κ1) is 14.6. The lowest BCUT2D eigenvalue weighted by Gasteiger charge is -2.01. The van der Waals surface area contributed by atoms with Gasteiger partial charge in [0.2, 0.25) is 5.88 Å². The Hall–Kier alpha value is -1.45. The Balaban J connectivity index is 2.23. The van der Waals surface area contributed by atoms with Crippen LogP contribution >= 0.6 is 0 Å². The Kier molecular flexibility index (Phi) is 6.99. The van der Waals surface area contributed by atoms with Crippen molar-refractivity contribution in [2.45, 2.75) is 51.9 Å². The van der Waals surface area contributed by atoms with Gasteiger partial charge in [-0.3, -0.25) is 4.79 Å². The van der Waals surface area contributed by atoms with Gasteiger partial charge in [-0.05, 0) is 12.5 Å². The summed E-state index contributed by atoms with van der Waals surface area (Å²) >= 11 is 0. The zero-order valence-corrected chi connectivity index (χ0v) is 11.3. The normalized spacial score (nSPS) is 10.3. The van der Waals surface area contributed by atoms with E-state index in [9.17, 15) is 4.79 Å². The fraction of sp³-hybridized carbons (Fsp3) is 0.643. The number of Topliss-reactive ketones (excluding diaryl/α,β-unsaturated/α-hetero) is 1. The third-order valence-corrected chi connectivity index (χ3v) is 2.89. The summed E-state index contributed by atoms with van der Waals surface area (Å²) in [6.07, 6.45) is 7.65. The molecule has 0 unspecified atom stereocenters. The van der Waals surface area contributed by atoms with Crippen LogP contribution in [0.3, 0.4) is 0 Å². The van der Waals surface area contributed by atoms with Gasteiger partial charge in [0.15, 0.2) is 5.78 Å². The van der Waals surface area contributed by atoms with E-state index in [1.54, 1.807) is 12.1 Å². The van der Waals surface area contributed by atoms with E-state index in [0.717, 1.165) is 12.8 Å². The first-order valence-electron chi connectivity index (χ1n) is 6.69. The molecule has 1 rings (SSSR count). The number of aromatic nitrogens is 2. The molecule has 0 aliphatic rings. The van der Waals surface area contributed by atoms with Crippen molar-refractivity contribution in [1.29, 1.82) is 0 Å². The van der Waals surface area contributed by atoms with Gasteiger partial charge in [0.25, 0.3) is 0 Å². The molecule has 0 amide bonds. The van der Waals surface area contributed by atoms with Crippen LogP contribution in [-0.4, -0.2) is 23.1 Å². The predicted octanol–water partition coefficient (Wildman–Crippen LogP) is 3.42. The molecule has 0 atom stereocenters. The van der Waals surface area contributed by atoms with E-state index in [1.807, 2.05) is 0 Å². The first-order chi connectivity index (χ1) is 8.77. The van der Waals surface area contributed by atoms with Crippen molar-refractivity contribution in [2.24, 2.45) is 0 Å². The first-order valence-corrected chi connectivity index (χ1v) is 6.69. The lowest BCUT2D eigenvalue weighted by Crippen LogP contribution is -2.04. The van der Waals surface area contributed by atoms with Crippen LogP contribution in [0.25, 0.3) is 0 Å². The highest BCUT2D eigenvalue weighted by Gasteiger charge is 2.07. The van der Waals surface area contributed by atoms with Gasteiger partial charge in [-0.15, -0.1) is 10.2 Å². The quantitative estimate of drug-likeness (QED) is 0.498. The summed E-state index contributed by atoms with van der Waals surface area (Å²) in [6.45, 7) is 2.20. The molecule has 0 aliphatic carbocycles. The molecule has 0 spiro atoms. The van der Waals surface area contributed by atoms with Gasteiger partial charge in [0, 0.05) is 12.5 Å². The second kappa shape index (κ2) is 8.61. The highest BCUT2D eigenvalue weighted by atomic mass is 16.5. The SMILES string of the molecule is CCCCCCCCC(=O)c1ccc(OC)nn1. The molecule has 1 aromatic rings. The van der Waals surface area contributed by atoms with E-state index in [-0.39, 0.29) is 5.78 Å². The third-order valence-electron chi connectivity index (χ3n) is 2.89. The number of hydrogen-bond acceptors (Lipinski definition) is 4. The van der Waals surface area contributed by atoms with Gasteiger partial charge in [-0.25, -0.2) is 0 Å². The molecule has 0 N–H and O–H groups in total. The number of rotatable bonds is 9. The van der Waals surface area contributed by atoms with Gasteiger partial charge in [-0.1, -0.05) is 39.0 Å². The third kappa shape index (κ3) is 5.25. The minimum atomic E-state index is 0.0700. The van der Waals surface area contributed by atoms with Crippen molar-refractivity contribution in [3.8, 4) is 5.88 Å². The largest absolute Gasteiger partial charge is 0.480 e. The average Bonchev–Trinajstić information content (AvgIpc) is 2.42. The Labute approximate surface area is 109 Å². The van der Waals surface area contributed by atoms with Crippen molar-refractivity contribution >= 4 is 5.78 Å². The molecular weight excluding hydrogens is 228 g/mol. The minimum absolute atomic E-state index is 0.0700. The van der Waals surface area contributed by atoms with Crippen molar-refractivity contribution < 1.29 is 9.53 Å². The summed E-state index contributed by atoms with van der Waals surface area (Å²) in [7, 11) is 1.53. The van der Waals surface area contributed by atoms with Crippen LogP contribution in [0.1, 0.15) is 62.4 Å². The van der Waals surface area contributed by atoms with E-state index in [0.29, 0.717) is 18.0 Å². The number of nitrogens with zero attached hydrogens (tertiary/aromatic N) is 2. The Morgan fingerprint density at radius 2 is 1.83 bits per heavy atom. The van der Waals surface area contributed by atoms with Gasteiger partial charge in [-0.2, -0.15) is 0 Å². The van der Waals surface area contributed by atoms with Gasteiger partial charge < -0.3 is 4.74 Å². The van der Waals surface area contributed by atoms with Gasteiger partial charge in [0.05, 0.1) is 7.11 Å². The molecule has 0 saturated carbocycles. The summed E-state index contributed by atoms with van der Waals surface area (Å²) in [5, 5.41) is 7.65. The van der Waals surface area contributed by atoms with E-state index >= 15 is 0 Å². The maximum Gasteiger partial charge on any atom is 0.233 e. The predicted molar refractivity (Wildman–Crippen MR) is 70.9 cm³/mol. The molecule has 1 heterocycles. The van der Waals surface area contributed by atoms with Crippen molar-refractivity contribution in [3.05, 3.63) is 17.8 Å². The van der Waals surface area contributed by atoms with E-state index in [4.69, 9.17) is 4.74 Å². The second-order valence-electron chi connectivity index (χ2n) is 4.40. The zero-order chi connectivity index (χ0) is 13.2. The molecule has 0 saturated heterocycles. The fourth-order valence-corrected chi connectivity index (χ4v) is 1.77. The summed E-state index contributed by atoms with van der Waals surface area (Å²) < 4.78 is 4.90. The lowest BCUT2D eigenvalue weighted by molar-refractivity contribution is 0.0973. The van der Waals surface area contributed by atoms with Crippen molar-refractivity contribution in [3.63, 3.8) is 0 Å². The Morgan fingerprint density at radius 1 is 1.11 bits per heavy atom. The molecular formula is C14H22N2O2. The highest BCUT2D eigenvalue weighted by molar-refractivity contribution is 5.93. The van der Waals surface area contributed by atoms with E-state index < -0.39 is 0 Å². The van der Waals surface area contributed by atoms with Crippen LogP contribution in [-0.2, 0) is 0 Å². The van der Waals surface area contributed by atoms with Crippen LogP contribution in [0.15, 0.2) is 12.1 Å². The Morgan fingerprint density at radius 3 is 2.44 bits per heavy atom. The maximum absolute atomic E-state index is 11.8. The monoisotopic (exact) mass is 250 g/mol. The number of unbranched alkanes of at least 4 members (excludes halogenated alkanes) is 5. The van der Waals surface area contributed by atoms with Crippen molar-refractivity contribution in [2.75, 3.05) is 7.11 Å². The van der Waals surface area contributed by atoms with Crippen LogP contribution in [0.2, 0.25) is 0 Å². The average molecular weight is 250 g/mol. The Bertz CT molecular complexity index is 349. The summed E-state index contributed by atoms with van der Waals surface area (Å²) in [5.74, 6) is 0.506. The number of hydrogen-bond donors (Lipinski definition) is 0. The summed E-state index contributed by atoms with van der Waals surface area (Å²) in [5.41, 5.74) is 0.435. The second-order valence-corrected chi connectivity index (χ2v) is 4.40. The molecule has 0 bridgehead atoms. The summed E-state index contributed by atoms with van der Waals surface area (Å²) in [6, 6.07) is 3.34. The van der Waals surface area contributed by atoms with Crippen LogP contribution < -0.4 is 4.74 Å². The summed E-state index contributed by atoms with van der Waals surface area (Å²) in [4.78, 5) is 11.8. The minimum Gasteiger partial charge on any atom is -0.480 e. The number of ketones is 1. The number of carbonyl (C=O) groups excluding carboxylic acids is 1. The molecule has 0 fully saturated rings. The molecule has 100 valence electrons. The van der Waals surface area contributed by atoms with Crippen LogP contribution in [0, 0.1) is 0 Å². The molecule has 0 radical (unpaired) electrons. The fourth-order valence-electron chi connectivity index (χ4n) is 1.77. The standard InChI is InChI=1S/C14H22N2O2/c1-3-4-5-6-7-8-9-13(17)12-10-11-14(18-2)16-15-12/h10-11H,3-9H2,1-2H3. The number of methoxy groups -OCH3 is 1. The molecule has 1 aromatic heterocycles. The topological polar surface area (TPSA) is 52.1 Å². The number of carbonyl (C=O) groups is 1.